The second-order valence-corrected chi connectivity index (χ2v) is 9.70. The molecule has 0 aliphatic carbocycles. The van der Waals surface area contributed by atoms with E-state index in [1.807, 2.05) is 18.2 Å². The average Bonchev–Trinajstić information content (AvgIpc) is 3.01. The molecule has 5 nitrogen and oxygen atoms in total. The molecule has 1 N–H and O–H groups in total. The van der Waals surface area contributed by atoms with Crippen molar-refractivity contribution in [3.05, 3.63) is 56.2 Å². The smallest absolute Gasteiger partial charge is 0.309 e. The highest BCUT2D eigenvalue weighted by molar-refractivity contribution is 7.16. The fourth-order valence-corrected chi connectivity index (χ4v) is 4.32. The van der Waals surface area contributed by atoms with Crippen molar-refractivity contribution >= 4 is 46.4 Å². The first-order valence-corrected chi connectivity index (χ1v) is 10.4. The van der Waals surface area contributed by atoms with E-state index in [1.165, 1.54) is 11.3 Å². The summed E-state index contributed by atoms with van der Waals surface area (Å²) in [7, 11) is 0. The Balaban J connectivity index is 1.86. The monoisotopic (exact) mass is 441 g/mol. The van der Waals surface area contributed by atoms with E-state index in [0.717, 1.165) is 10.4 Å². The van der Waals surface area contributed by atoms with Crippen molar-refractivity contribution in [1.82, 2.24) is 5.32 Å². The van der Waals surface area contributed by atoms with Crippen molar-refractivity contribution in [3.63, 3.8) is 0 Å². The molecular formula is C20H21Cl2NO4S. The molecule has 8 heteroatoms. The molecule has 150 valence electrons. The molecule has 1 aromatic heterocycles. The number of hydrogen-bond donors (Lipinski definition) is 1. The highest BCUT2D eigenvalue weighted by Crippen LogP contribution is 2.41. The normalized spacial score (nSPS) is 22.6. The van der Waals surface area contributed by atoms with Gasteiger partial charge < -0.3 is 14.8 Å². The summed E-state index contributed by atoms with van der Waals surface area (Å²) >= 11 is 13.6. The maximum absolute atomic E-state index is 12.6. The minimum Gasteiger partial charge on any atom is -0.460 e. The maximum atomic E-state index is 12.6. The van der Waals surface area contributed by atoms with E-state index in [4.69, 9.17) is 32.7 Å². The van der Waals surface area contributed by atoms with E-state index >= 15 is 0 Å². The highest BCUT2D eigenvalue weighted by Gasteiger charge is 2.40. The third-order valence-corrected chi connectivity index (χ3v) is 5.60. The van der Waals surface area contributed by atoms with E-state index in [1.54, 1.807) is 39.0 Å². The van der Waals surface area contributed by atoms with E-state index < -0.39 is 29.8 Å². The molecule has 28 heavy (non-hydrogen) atoms. The number of ether oxygens (including phenoxy) is 2. The quantitative estimate of drug-likeness (QED) is 0.671. The summed E-state index contributed by atoms with van der Waals surface area (Å²) in [5.74, 6) is -0.853. The van der Waals surface area contributed by atoms with Gasteiger partial charge in [0.05, 0.1) is 16.8 Å². The van der Waals surface area contributed by atoms with Gasteiger partial charge >= 0.3 is 5.97 Å². The summed E-state index contributed by atoms with van der Waals surface area (Å²) in [4.78, 5) is 25.7. The van der Waals surface area contributed by atoms with Gasteiger partial charge in [-0.05, 0) is 50.6 Å². The number of nitrogens with one attached hydrogen (secondary N) is 1. The van der Waals surface area contributed by atoms with Crippen LogP contribution in [0.2, 0.25) is 9.36 Å². The predicted molar refractivity (Wildman–Crippen MR) is 110 cm³/mol. The van der Waals surface area contributed by atoms with Crippen LogP contribution in [0, 0.1) is 0 Å². The summed E-state index contributed by atoms with van der Waals surface area (Å²) in [6, 6.07) is 10.4. The maximum Gasteiger partial charge on any atom is 0.309 e. The number of benzene rings is 1. The second kappa shape index (κ2) is 8.41. The van der Waals surface area contributed by atoms with Crippen LogP contribution in [0.5, 0.6) is 0 Å². The predicted octanol–water partition coefficient (Wildman–Crippen LogP) is 5.08. The number of hydrogen-bond acceptors (Lipinski definition) is 5. The Morgan fingerprint density at radius 3 is 2.61 bits per heavy atom. The number of amides is 1. The van der Waals surface area contributed by atoms with Gasteiger partial charge in [-0.3, -0.25) is 9.59 Å². The lowest BCUT2D eigenvalue weighted by Gasteiger charge is -2.36. The molecule has 0 spiro atoms. The van der Waals surface area contributed by atoms with Crippen LogP contribution < -0.4 is 5.32 Å². The zero-order valence-electron chi connectivity index (χ0n) is 15.7. The molecule has 2 unspecified atom stereocenters. The molecule has 1 amide bonds. The summed E-state index contributed by atoms with van der Waals surface area (Å²) in [5.41, 5.74) is 0.168. The first kappa shape index (κ1) is 21.1. The molecule has 3 atom stereocenters. The van der Waals surface area contributed by atoms with Crippen LogP contribution in [0.15, 0.2) is 36.4 Å². The van der Waals surface area contributed by atoms with Crippen molar-refractivity contribution < 1.29 is 19.1 Å². The molecule has 0 radical (unpaired) electrons. The van der Waals surface area contributed by atoms with Gasteiger partial charge in [0.25, 0.3) is 0 Å². The van der Waals surface area contributed by atoms with Crippen molar-refractivity contribution in [3.8, 4) is 0 Å². The van der Waals surface area contributed by atoms with Crippen molar-refractivity contribution in [1.29, 1.82) is 0 Å². The summed E-state index contributed by atoms with van der Waals surface area (Å²) < 4.78 is 12.0. The number of rotatable bonds is 4. The molecule has 1 aliphatic heterocycles. The highest BCUT2D eigenvalue weighted by atomic mass is 35.5. The summed E-state index contributed by atoms with van der Waals surface area (Å²) in [6.45, 7) is 5.33. The van der Waals surface area contributed by atoms with Gasteiger partial charge in [-0.2, -0.15) is 0 Å². The lowest BCUT2D eigenvalue weighted by atomic mass is 9.97. The first-order chi connectivity index (χ1) is 13.1. The van der Waals surface area contributed by atoms with Gasteiger partial charge in [-0.15, -0.1) is 11.3 Å². The van der Waals surface area contributed by atoms with Crippen LogP contribution in [0.4, 0.5) is 0 Å². The molecule has 0 saturated carbocycles. The van der Waals surface area contributed by atoms with E-state index in [9.17, 15) is 9.59 Å². The molecule has 1 fully saturated rings. The third kappa shape index (κ3) is 5.26. The number of carbonyl (C=O) groups is 2. The van der Waals surface area contributed by atoms with Crippen molar-refractivity contribution in [2.24, 2.45) is 0 Å². The largest absolute Gasteiger partial charge is 0.460 e. The zero-order valence-corrected chi connectivity index (χ0v) is 18.0. The Morgan fingerprint density at radius 1 is 1.25 bits per heavy atom. The van der Waals surface area contributed by atoms with Gasteiger partial charge in [0.1, 0.15) is 17.8 Å². The standard InChI is InChI=1S/C20H21Cl2NO4S/c1-20(2,3)27-16(24)10-13-19(25)23-17(14-7-8-15(22)28-14)18(26-13)11-5-4-6-12(21)9-11/h4-9,13,17-18H,10H2,1-3H3,(H,23,25)/t13?,17?,18-/m1/s1. The minimum absolute atomic E-state index is 0.169. The lowest BCUT2D eigenvalue weighted by Crippen LogP contribution is -2.48. The molecular weight excluding hydrogens is 421 g/mol. The van der Waals surface area contributed by atoms with Gasteiger partial charge in [-0.1, -0.05) is 35.3 Å². The van der Waals surface area contributed by atoms with E-state index in [2.05, 4.69) is 5.32 Å². The Labute approximate surface area is 177 Å². The molecule has 1 saturated heterocycles. The molecule has 2 aromatic rings. The Morgan fingerprint density at radius 2 is 2.00 bits per heavy atom. The first-order valence-electron chi connectivity index (χ1n) is 8.81. The van der Waals surface area contributed by atoms with Crippen molar-refractivity contribution in [2.75, 3.05) is 0 Å². The topological polar surface area (TPSA) is 64.6 Å². The zero-order chi connectivity index (χ0) is 20.5. The van der Waals surface area contributed by atoms with Gasteiger partial charge in [0.15, 0.2) is 0 Å². The second-order valence-electron chi connectivity index (χ2n) is 7.52. The van der Waals surface area contributed by atoms with Gasteiger partial charge in [0, 0.05) is 9.90 Å². The molecule has 2 heterocycles. The SMILES string of the molecule is CC(C)(C)OC(=O)CC1O[C@H](c2cccc(Cl)c2)C(c2ccc(Cl)s2)NC1=O. The fourth-order valence-electron chi connectivity index (χ4n) is 2.98. The number of morpholine rings is 1. The number of carbonyl (C=O) groups excluding carboxylic acids is 2. The van der Waals surface area contributed by atoms with Crippen LogP contribution in [-0.4, -0.2) is 23.6 Å². The number of halogens is 2. The molecule has 1 aromatic carbocycles. The minimum atomic E-state index is -0.953. The number of esters is 1. The van der Waals surface area contributed by atoms with E-state index in [0.29, 0.717) is 9.36 Å². The van der Waals surface area contributed by atoms with E-state index in [-0.39, 0.29) is 12.3 Å². The number of thiophene rings is 1. The van der Waals surface area contributed by atoms with Crippen molar-refractivity contribution in [2.45, 2.75) is 51.0 Å². The lowest BCUT2D eigenvalue weighted by molar-refractivity contribution is -0.168. The van der Waals surface area contributed by atoms with Gasteiger partial charge in [0.2, 0.25) is 5.91 Å². The molecule has 0 bridgehead atoms. The average molecular weight is 442 g/mol. The van der Waals surface area contributed by atoms with Crippen LogP contribution in [0.25, 0.3) is 0 Å². The summed E-state index contributed by atoms with van der Waals surface area (Å²) in [6.07, 6.45) is -1.64. The van der Waals surface area contributed by atoms with Crippen LogP contribution in [0.3, 0.4) is 0 Å². The third-order valence-electron chi connectivity index (χ3n) is 4.05. The molecule has 1 aliphatic rings. The van der Waals surface area contributed by atoms with Gasteiger partial charge in [-0.25, -0.2) is 0 Å². The van der Waals surface area contributed by atoms with Crippen LogP contribution >= 0.6 is 34.5 Å². The summed E-state index contributed by atoms with van der Waals surface area (Å²) in [5, 5.41) is 3.53. The Hall–Kier alpha value is -1.60. The molecule has 3 rings (SSSR count). The van der Waals surface area contributed by atoms with Crippen LogP contribution in [0.1, 0.15) is 49.8 Å². The Kier molecular flexibility index (Phi) is 6.34. The Bertz CT molecular complexity index is 877. The fraction of sp³-hybridized carbons (Fsp3) is 0.400. The van der Waals surface area contributed by atoms with Crippen LogP contribution in [-0.2, 0) is 19.1 Å².